The van der Waals surface area contributed by atoms with E-state index in [0.717, 1.165) is 37.9 Å². The Bertz CT molecular complexity index is 478. The lowest BCUT2D eigenvalue weighted by molar-refractivity contribution is 0.346. The first kappa shape index (κ1) is 12.6. The van der Waals surface area contributed by atoms with E-state index in [4.69, 9.17) is 0 Å². The Morgan fingerprint density at radius 2 is 2.24 bits per heavy atom. The quantitative estimate of drug-likeness (QED) is 0.831. The number of rotatable bonds is 3. The highest BCUT2D eigenvalue weighted by Gasteiger charge is 2.30. The normalized spacial score (nSPS) is 26.0. The van der Waals surface area contributed by atoms with Crippen LogP contribution < -0.4 is 0 Å². The SMILES string of the molecule is CCc1nccn1C1CCCC(S(C)(=O)=O)C1. The second-order valence-corrected chi connectivity index (χ2v) is 7.20. The van der Waals surface area contributed by atoms with E-state index in [-0.39, 0.29) is 5.25 Å². The zero-order chi connectivity index (χ0) is 12.5. The number of nitrogens with zero attached hydrogens (tertiary/aromatic N) is 2. The molecule has 0 radical (unpaired) electrons. The molecule has 2 rings (SSSR count). The minimum Gasteiger partial charge on any atom is -0.332 e. The highest BCUT2D eigenvalue weighted by Crippen LogP contribution is 2.32. The van der Waals surface area contributed by atoms with Crippen LogP contribution in [-0.4, -0.2) is 29.5 Å². The molecule has 0 saturated heterocycles. The third-order valence-corrected chi connectivity index (χ3v) is 5.30. The number of hydrogen-bond donors (Lipinski definition) is 0. The van der Waals surface area contributed by atoms with Gasteiger partial charge in [0, 0.05) is 31.1 Å². The zero-order valence-electron chi connectivity index (χ0n) is 10.5. The van der Waals surface area contributed by atoms with Crippen molar-refractivity contribution in [3.8, 4) is 0 Å². The number of aryl methyl sites for hydroxylation is 1. The first-order valence-corrected chi connectivity index (χ1v) is 8.18. The van der Waals surface area contributed by atoms with Crippen LogP contribution in [0.3, 0.4) is 0 Å². The van der Waals surface area contributed by atoms with Crippen molar-refractivity contribution >= 4 is 9.84 Å². The summed E-state index contributed by atoms with van der Waals surface area (Å²) < 4.78 is 25.4. The van der Waals surface area contributed by atoms with Crippen LogP contribution in [0.5, 0.6) is 0 Å². The van der Waals surface area contributed by atoms with Gasteiger partial charge in [-0.3, -0.25) is 0 Å². The third-order valence-electron chi connectivity index (χ3n) is 3.66. The summed E-state index contributed by atoms with van der Waals surface area (Å²) >= 11 is 0. The molecule has 1 heterocycles. The van der Waals surface area contributed by atoms with E-state index in [1.807, 2.05) is 12.4 Å². The molecule has 0 bridgehead atoms. The molecule has 2 atom stereocenters. The van der Waals surface area contributed by atoms with Gasteiger partial charge in [0.15, 0.2) is 0 Å². The van der Waals surface area contributed by atoms with Gasteiger partial charge in [-0.1, -0.05) is 13.3 Å². The third kappa shape index (κ3) is 2.70. The smallest absolute Gasteiger partial charge is 0.150 e. The first-order chi connectivity index (χ1) is 8.02. The largest absolute Gasteiger partial charge is 0.332 e. The number of aromatic nitrogens is 2. The van der Waals surface area contributed by atoms with Crippen molar-refractivity contribution < 1.29 is 8.42 Å². The predicted molar refractivity (Wildman–Crippen MR) is 67.7 cm³/mol. The molecule has 0 aliphatic heterocycles. The van der Waals surface area contributed by atoms with Gasteiger partial charge in [-0.05, 0) is 19.3 Å². The number of hydrogen-bond acceptors (Lipinski definition) is 3. The maximum Gasteiger partial charge on any atom is 0.150 e. The molecule has 1 aliphatic carbocycles. The predicted octanol–water partition coefficient (Wildman–Crippen LogP) is 1.97. The van der Waals surface area contributed by atoms with E-state index < -0.39 is 9.84 Å². The van der Waals surface area contributed by atoms with E-state index in [1.54, 1.807) is 0 Å². The van der Waals surface area contributed by atoms with Crippen LogP contribution in [0.1, 0.15) is 44.5 Å². The van der Waals surface area contributed by atoms with Crippen LogP contribution >= 0.6 is 0 Å². The van der Waals surface area contributed by atoms with E-state index >= 15 is 0 Å². The number of imidazole rings is 1. The molecule has 1 saturated carbocycles. The molecule has 4 nitrogen and oxygen atoms in total. The van der Waals surface area contributed by atoms with Gasteiger partial charge in [0.1, 0.15) is 15.7 Å². The van der Waals surface area contributed by atoms with Crippen molar-refractivity contribution in [1.29, 1.82) is 0 Å². The van der Waals surface area contributed by atoms with Crippen molar-refractivity contribution in [3.63, 3.8) is 0 Å². The molecule has 17 heavy (non-hydrogen) atoms. The summed E-state index contributed by atoms with van der Waals surface area (Å²) in [6.07, 6.45) is 9.64. The van der Waals surface area contributed by atoms with Gasteiger partial charge in [-0.25, -0.2) is 13.4 Å². The van der Waals surface area contributed by atoms with Crippen molar-refractivity contribution in [2.75, 3.05) is 6.26 Å². The standard InChI is InChI=1S/C12H20N2O2S/c1-3-12-13-7-8-14(12)10-5-4-6-11(9-10)17(2,15)16/h7-8,10-11H,3-6,9H2,1-2H3. The molecule has 2 unspecified atom stereocenters. The minimum absolute atomic E-state index is 0.173. The minimum atomic E-state index is -2.90. The highest BCUT2D eigenvalue weighted by atomic mass is 32.2. The zero-order valence-corrected chi connectivity index (χ0v) is 11.3. The topological polar surface area (TPSA) is 52.0 Å². The monoisotopic (exact) mass is 256 g/mol. The van der Waals surface area contributed by atoms with E-state index in [1.165, 1.54) is 6.26 Å². The Morgan fingerprint density at radius 3 is 2.88 bits per heavy atom. The summed E-state index contributed by atoms with van der Waals surface area (Å²) in [5, 5.41) is -0.173. The van der Waals surface area contributed by atoms with E-state index in [0.29, 0.717) is 6.04 Å². The van der Waals surface area contributed by atoms with Crippen LogP contribution in [-0.2, 0) is 16.3 Å². The Morgan fingerprint density at radius 1 is 1.47 bits per heavy atom. The van der Waals surface area contributed by atoms with Gasteiger partial charge in [-0.15, -0.1) is 0 Å². The maximum atomic E-state index is 11.6. The van der Waals surface area contributed by atoms with Crippen molar-refractivity contribution in [2.45, 2.75) is 50.3 Å². The molecule has 0 aromatic carbocycles. The Hall–Kier alpha value is -0.840. The van der Waals surface area contributed by atoms with Gasteiger partial charge in [0.05, 0.1) is 5.25 Å². The maximum absolute atomic E-state index is 11.6. The van der Waals surface area contributed by atoms with Crippen LogP contribution in [0, 0.1) is 0 Å². The molecule has 5 heteroatoms. The fourth-order valence-corrected chi connectivity index (χ4v) is 3.88. The fraction of sp³-hybridized carbons (Fsp3) is 0.750. The molecular formula is C12H20N2O2S. The second-order valence-electron chi connectivity index (χ2n) is 4.88. The van der Waals surface area contributed by atoms with Crippen LogP contribution in [0.25, 0.3) is 0 Å². The molecule has 1 aromatic rings. The first-order valence-electron chi connectivity index (χ1n) is 6.23. The van der Waals surface area contributed by atoms with Gasteiger partial charge < -0.3 is 4.57 Å². The van der Waals surface area contributed by atoms with Crippen molar-refractivity contribution in [1.82, 2.24) is 9.55 Å². The molecule has 0 N–H and O–H groups in total. The second kappa shape index (κ2) is 4.80. The van der Waals surface area contributed by atoms with E-state index in [2.05, 4.69) is 16.5 Å². The molecule has 1 fully saturated rings. The van der Waals surface area contributed by atoms with Crippen LogP contribution in [0.15, 0.2) is 12.4 Å². The molecule has 1 aromatic heterocycles. The molecular weight excluding hydrogens is 236 g/mol. The van der Waals surface area contributed by atoms with Crippen LogP contribution in [0.4, 0.5) is 0 Å². The summed E-state index contributed by atoms with van der Waals surface area (Å²) in [6.45, 7) is 2.08. The summed E-state index contributed by atoms with van der Waals surface area (Å²) in [7, 11) is -2.90. The summed E-state index contributed by atoms with van der Waals surface area (Å²) in [5.41, 5.74) is 0. The average Bonchev–Trinajstić information content (AvgIpc) is 2.76. The highest BCUT2D eigenvalue weighted by molar-refractivity contribution is 7.91. The lowest BCUT2D eigenvalue weighted by Crippen LogP contribution is -2.29. The summed E-state index contributed by atoms with van der Waals surface area (Å²) in [5.74, 6) is 1.06. The number of sulfone groups is 1. The molecule has 1 aliphatic rings. The Kier molecular flexibility index (Phi) is 3.56. The average molecular weight is 256 g/mol. The van der Waals surface area contributed by atoms with Crippen molar-refractivity contribution in [2.24, 2.45) is 0 Å². The molecule has 0 amide bonds. The fourth-order valence-electron chi connectivity index (χ4n) is 2.71. The van der Waals surface area contributed by atoms with Gasteiger partial charge in [0.25, 0.3) is 0 Å². The van der Waals surface area contributed by atoms with Gasteiger partial charge in [0.2, 0.25) is 0 Å². The Labute approximate surface area is 103 Å². The summed E-state index contributed by atoms with van der Waals surface area (Å²) in [6, 6.07) is 0.306. The molecule has 0 spiro atoms. The summed E-state index contributed by atoms with van der Waals surface area (Å²) in [4.78, 5) is 4.31. The van der Waals surface area contributed by atoms with Crippen LogP contribution in [0.2, 0.25) is 0 Å². The van der Waals surface area contributed by atoms with Crippen molar-refractivity contribution in [3.05, 3.63) is 18.2 Å². The lowest BCUT2D eigenvalue weighted by Gasteiger charge is -2.29. The van der Waals surface area contributed by atoms with Gasteiger partial charge in [-0.2, -0.15) is 0 Å². The lowest BCUT2D eigenvalue weighted by atomic mass is 9.94. The molecule has 96 valence electrons. The van der Waals surface area contributed by atoms with E-state index in [9.17, 15) is 8.42 Å². The Balaban J connectivity index is 2.18. The van der Waals surface area contributed by atoms with Gasteiger partial charge >= 0.3 is 0 Å².